The highest BCUT2D eigenvalue weighted by Crippen LogP contribution is 2.53. The van der Waals surface area contributed by atoms with Crippen LogP contribution in [0.1, 0.15) is 37.8 Å². The van der Waals surface area contributed by atoms with E-state index in [0.717, 1.165) is 36.4 Å². The van der Waals surface area contributed by atoms with Crippen LogP contribution in [0.15, 0.2) is 66.3 Å². The highest BCUT2D eigenvalue weighted by molar-refractivity contribution is 7.81. The quantitative estimate of drug-likeness (QED) is 0.281. The molecule has 2 aromatic carbocycles. The number of benzene rings is 2. The fourth-order valence-corrected chi connectivity index (χ4v) is 7.82. The molecule has 4 heteroatoms. The van der Waals surface area contributed by atoms with Crippen molar-refractivity contribution < 1.29 is 10.2 Å². The van der Waals surface area contributed by atoms with Crippen LogP contribution in [0.3, 0.4) is 0 Å². The summed E-state index contributed by atoms with van der Waals surface area (Å²) in [6.45, 7) is 13.0. The summed E-state index contributed by atoms with van der Waals surface area (Å²) in [6.07, 6.45) is 4.81. The Labute approximate surface area is 187 Å². The van der Waals surface area contributed by atoms with Gasteiger partial charge in [0.2, 0.25) is 0 Å². The molecule has 0 unspecified atom stereocenters. The van der Waals surface area contributed by atoms with E-state index in [-0.39, 0.29) is 17.4 Å². The Morgan fingerprint density at radius 3 is 2.33 bits per heavy atom. The van der Waals surface area contributed by atoms with Crippen LogP contribution in [0.4, 0.5) is 0 Å². The molecule has 2 N–H and O–H groups in total. The zero-order valence-corrected chi connectivity index (χ0v) is 20.5. The predicted octanol–water partition coefficient (Wildman–Crippen LogP) is 6.31. The van der Waals surface area contributed by atoms with E-state index in [9.17, 15) is 10.2 Å². The molecule has 1 aliphatic rings. The van der Waals surface area contributed by atoms with Gasteiger partial charge in [-0.1, -0.05) is 72.4 Å². The molecule has 0 spiro atoms. The molecule has 0 saturated carbocycles. The summed E-state index contributed by atoms with van der Waals surface area (Å²) < 4.78 is -0.751. The third-order valence-electron chi connectivity index (χ3n) is 6.57. The lowest BCUT2D eigenvalue weighted by Gasteiger charge is -2.40. The molecular weight excluding hydrogens is 404 g/mol. The van der Waals surface area contributed by atoms with Gasteiger partial charge >= 0.3 is 0 Å². The SMILES string of the molecule is C=C(C)[C@H]1CCC(C)=C[C@@]1(S)c1c(O)cc(CC[Si](C)(C)c2ccccc2)cc1O. The second kappa shape index (κ2) is 8.68. The summed E-state index contributed by atoms with van der Waals surface area (Å²) in [7, 11) is -1.59. The fourth-order valence-electron chi connectivity index (χ4n) is 4.72. The van der Waals surface area contributed by atoms with Crippen LogP contribution in [0.25, 0.3) is 0 Å². The minimum Gasteiger partial charge on any atom is -0.507 e. The molecule has 2 aromatic rings. The van der Waals surface area contributed by atoms with Gasteiger partial charge in [-0.05, 0) is 56.9 Å². The smallest absolute Gasteiger partial charge is 0.124 e. The van der Waals surface area contributed by atoms with Crippen molar-refractivity contribution >= 4 is 25.9 Å². The zero-order chi connectivity index (χ0) is 22.1. The molecule has 160 valence electrons. The van der Waals surface area contributed by atoms with Crippen molar-refractivity contribution in [3.8, 4) is 11.5 Å². The van der Waals surface area contributed by atoms with Crippen LogP contribution in [-0.2, 0) is 11.2 Å². The number of aromatic hydroxyl groups is 2. The number of rotatable bonds is 6. The van der Waals surface area contributed by atoms with Gasteiger partial charge in [0.25, 0.3) is 0 Å². The summed E-state index contributed by atoms with van der Waals surface area (Å²) in [4.78, 5) is 0. The van der Waals surface area contributed by atoms with Crippen LogP contribution in [0.2, 0.25) is 19.1 Å². The maximum absolute atomic E-state index is 11.0. The third kappa shape index (κ3) is 4.55. The number of hydrogen-bond acceptors (Lipinski definition) is 3. The lowest BCUT2D eigenvalue weighted by Crippen LogP contribution is -2.41. The van der Waals surface area contributed by atoms with Gasteiger partial charge in [0.15, 0.2) is 0 Å². The first-order chi connectivity index (χ1) is 14.0. The number of thiol groups is 1. The molecule has 2 atom stereocenters. The highest BCUT2D eigenvalue weighted by atomic mass is 32.1. The number of phenolic OH excluding ortho intramolecular Hbond substituents is 2. The maximum atomic E-state index is 11.0. The van der Waals surface area contributed by atoms with Crippen molar-refractivity contribution in [2.24, 2.45) is 5.92 Å². The number of aryl methyl sites for hydroxylation is 1. The van der Waals surface area contributed by atoms with Crippen LogP contribution >= 0.6 is 12.6 Å². The first kappa shape index (κ1) is 22.8. The average molecular weight is 439 g/mol. The van der Waals surface area contributed by atoms with Crippen LogP contribution in [0.5, 0.6) is 11.5 Å². The van der Waals surface area contributed by atoms with E-state index in [1.165, 1.54) is 10.8 Å². The van der Waals surface area contributed by atoms with Crippen LogP contribution < -0.4 is 5.19 Å². The minimum atomic E-state index is -1.59. The van der Waals surface area contributed by atoms with Crippen molar-refractivity contribution in [1.29, 1.82) is 0 Å². The number of hydrogen-bond donors (Lipinski definition) is 3. The molecule has 0 amide bonds. The van der Waals surface area contributed by atoms with Crippen molar-refractivity contribution in [2.75, 3.05) is 0 Å². The Kier molecular flexibility index (Phi) is 6.59. The van der Waals surface area contributed by atoms with E-state index in [1.807, 2.05) is 19.1 Å². The van der Waals surface area contributed by atoms with Gasteiger partial charge in [0.1, 0.15) is 11.5 Å². The lowest BCUT2D eigenvalue weighted by atomic mass is 9.72. The van der Waals surface area contributed by atoms with Gasteiger partial charge < -0.3 is 10.2 Å². The van der Waals surface area contributed by atoms with Crippen molar-refractivity contribution in [3.05, 3.63) is 77.4 Å². The van der Waals surface area contributed by atoms with Crippen molar-refractivity contribution in [2.45, 2.75) is 57.0 Å². The Bertz CT molecular complexity index is 941. The van der Waals surface area contributed by atoms with Crippen molar-refractivity contribution in [1.82, 2.24) is 0 Å². The first-order valence-corrected chi connectivity index (χ1v) is 14.4. The van der Waals surface area contributed by atoms with Gasteiger partial charge in [0, 0.05) is 5.92 Å². The Morgan fingerprint density at radius 1 is 1.17 bits per heavy atom. The Morgan fingerprint density at radius 2 is 1.77 bits per heavy atom. The molecule has 0 bridgehead atoms. The second-order valence-corrected chi connectivity index (χ2v) is 15.1. The predicted molar refractivity (Wildman–Crippen MR) is 134 cm³/mol. The molecule has 2 nitrogen and oxygen atoms in total. The largest absolute Gasteiger partial charge is 0.507 e. The Hall–Kier alpha value is -1.91. The Balaban J connectivity index is 1.90. The van der Waals surface area contributed by atoms with Crippen molar-refractivity contribution in [3.63, 3.8) is 0 Å². The average Bonchev–Trinajstić information content (AvgIpc) is 2.66. The normalized spacial score (nSPS) is 21.9. The monoisotopic (exact) mass is 438 g/mol. The second-order valence-electron chi connectivity index (χ2n) is 9.51. The van der Waals surface area contributed by atoms with Crippen LogP contribution in [-0.4, -0.2) is 18.3 Å². The molecule has 0 heterocycles. The van der Waals surface area contributed by atoms with Gasteiger partial charge in [0.05, 0.1) is 18.4 Å². The highest BCUT2D eigenvalue weighted by Gasteiger charge is 2.42. The summed E-state index contributed by atoms with van der Waals surface area (Å²) >= 11 is 5.00. The molecule has 3 rings (SSSR count). The fraction of sp³-hybridized carbons (Fsp3) is 0.385. The van der Waals surface area contributed by atoms with Gasteiger partial charge in [-0.3, -0.25) is 0 Å². The van der Waals surface area contributed by atoms with E-state index < -0.39 is 12.8 Å². The molecule has 0 saturated heterocycles. The first-order valence-electron chi connectivity index (χ1n) is 10.7. The summed E-state index contributed by atoms with van der Waals surface area (Å²) in [5, 5.41) is 23.4. The van der Waals surface area contributed by atoms with E-state index in [0.29, 0.717) is 5.56 Å². The topological polar surface area (TPSA) is 40.5 Å². The van der Waals surface area contributed by atoms with E-state index in [4.69, 9.17) is 12.6 Å². The molecule has 0 aliphatic heterocycles. The molecular formula is C26H34O2SSi. The minimum absolute atomic E-state index is 0.0663. The molecule has 0 aromatic heterocycles. The molecule has 0 fully saturated rings. The summed E-state index contributed by atoms with van der Waals surface area (Å²) in [5.41, 5.74) is 3.71. The van der Waals surface area contributed by atoms with Gasteiger partial charge in [-0.2, -0.15) is 12.6 Å². The van der Waals surface area contributed by atoms with Gasteiger partial charge in [-0.25, -0.2) is 0 Å². The maximum Gasteiger partial charge on any atom is 0.124 e. The third-order valence-corrected chi connectivity index (χ3v) is 10.6. The van der Waals surface area contributed by atoms with E-state index >= 15 is 0 Å². The summed E-state index contributed by atoms with van der Waals surface area (Å²) in [5.74, 6) is 0.310. The lowest BCUT2D eigenvalue weighted by molar-refractivity contribution is 0.391. The summed E-state index contributed by atoms with van der Waals surface area (Å²) in [6, 6.07) is 15.4. The van der Waals surface area contributed by atoms with Gasteiger partial charge in [-0.15, -0.1) is 0 Å². The number of allylic oxidation sites excluding steroid dienone is 2. The number of phenols is 2. The van der Waals surface area contributed by atoms with E-state index in [2.05, 4.69) is 63.0 Å². The molecule has 0 radical (unpaired) electrons. The van der Waals surface area contributed by atoms with E-state index in [1.54, 1.807) is 0 Å². The molecule has 1 aliphatic carbocycles. The molecule has 30 heavy (non-hydrogen) atoms. The zero-order valence-electron chi connectivity index (χ0n) is 18.6. The van der Waals surface area contributed by atoms with Crippen LogP contribution in [0, 0.1) is 5.92 Å². The standard InChI is InChI=1S/C26H34O2SSi/c1-18(2)22-12-11-19(3)17-26(22,29)25-23(27)15-20(16-24(25)28)13-14-30(4,5)21-9-7-6-8-10-21/h6-10,15-17,22,27-29H,1,11-14H2,2-5H3/t22-,26+/m1/s1.